The second kappa shape index (κ2) is 5.67. The van der Waals surface area contributed by atoms with Gasteiger partial charge in [0.1, 0.15) is 0 Å². The minimum Gasteiger partial charge on any atom is -0.481 e. The molecule has 0 spiro atoms. The van der Waals surface area contributed by atoms with Crippen molar-refractivity contribution in [2.75, 3.05) is 13.1 Å². The molecule has 3 nitrogen and oxygen atoms in total. The maximum atomic E-state index is 10.7. The lowest BCUT2D eigenvalue weighted by molar-refractivity contribution is -0.138. The third-order valence-corrected chi connectivity index (χ3v) is 4.12. The van der Waals surface area contributed by atoms with Crippen molar-refractivity contribution in [3.05, 3.63) is 0 Å². The van der Waals surface area contributed by atoms with E-state index in [1.54, 1.807) is 0 Å². The molecule has 2 fully saturated rings. The molecule has 1 aliphatic heterocycles. The molecule has 1 saturated heterocycles. The van der Waals surface area contributed by atoms with Crippen molar-refractivity contribution in [3.8, 4) is 0 Å². The zero-order valence-electron chi connectivity index (χ0n) is 10.0. The van der Waals surface area contributed by atoms with Crippen LogP contribution in [0, 0.1) is 5.92 Å². The Morgan fingerprint density at radius 1 is 1.12 bits per heavy atom. The van der Waals surface area contributed by atoms with Gasteiger partial charge in [-0.25, -0.2) is 0 Å². The van der Waals surface area contributed by atoms with E-state index in [2.05, 4.69) is 4.90 Å². The van der Waals surface area contributed by atoms with Crippen LogP contribution in [0.15, 0.2) is 0 Å². The highest BCUT2D eigenvalue weighted by Gasteiger charge is 2.29. The number of carbonyl (C=O) groups is 1. The van der Waals surface area contributed by atoms with Gasteiger partial charge in [0, 0.05) is 19.0 Å². The molecule has 16 heavy (non-hydrogen) atoms. The van der Waals surface area contributed by atoms with Crippen molar-refractivity contribution in [1.29, 1.82) is 0 Å². The molecule has 1 atom stereocenters. The smallest absolute Gasteiger partial charge is 0.303 e. The Labute approximate surface area is 97.8 Å². The van der Waals surface area contributed by atoms with Gasteiger partial charge >= 0.3 is 5.97 Å². The molecule has 92 valence electrons. The van der Waals surface area contributed by atoms with E-state index >= 15 is 0 Å². The van der Waals surface area contributed by atoms with Gasteiger partial charge in [-0.2, -0.15) is 0 Å². The molecule has 0 aromatic rings. The Morgan fingerprint density at radius 2 is 1.81 bits per heavy atom. The minimum atomic E-state index is -0.632. The highest BCUT2D eigenvalue weighted by atomic mass is 16.4. The molecule has 0 bridgehead atoms. The third-order valence-electron chi connectivity index (χ3n) is 4.12. The molecule has 2 rings (SSSR count). The SMILES string of the molecule is O=C(O)CC1CCN(C2CCCCCC2)C1. The Morgan fingerprint density at radius 3 is 2.44 bits per heavy atom. The first kappa shape index (κ1) is 11.9. The average molecular weight is 225 g/mol. The van der Waals surface area contributed by atoms with E-state index in [1.165, 1.54) is 38.5 Å². The van der Waals surface area contributed by atoms with Crippen LogP contribution in [0.5, 0.6) is 0 Å². The van der Waals surface area contributed by atoms with Crippen molar-refractivity contribution in [1.82, 2.24) is 4.90 Å². The molecule has 0 aromatic carbocycles. The lowest BCUT2D eigenvalue weighted by Gasteiger charge is -2.26. The van der Waals surface area contributed by atoms with E-state index < -0.39 is 5.97 Å². The summed E-state index contributed by atoms with van der Waals surface area (Å²) in [5.74, 6) is -0.228. The van der Waals surface area contributed by atoms with Crippen molar-refractivity contribution in [2.24, 2.45) is 5.92 Å². The lowest BCUT2D eigenvalue weighted by atomic mass is 10.0. The van der Waals surface area contributed by atoms with Gasteiger partial charge in [-0.05, 0) is 31.7 Å². The summed E-state index contributed by atoms with van der Waals surface area (Å²) in [5.41, 5.74) is 0. The van der Waals surface area contributed by atoms with Gasteiger partial charge in [0.15, 0.2) is 0 Å². The van der Waals surface area contributed by atoms with E-state index in [0.29, 0.717) is 12.3 Å². The quantitative estimate of drug-likeness (QED) is 0.750. The maximum absolute atomic E-state index is 10.7. The van der Waals surface area contributed by atoms with Crippen molar-refractivity contribution in [2.45, 2.75) is 57.4 Å². The summed E-state index contributed by atoms with van der Waals surface area (Å²) in [7, 11) is 0. The van der Waals surface area contributed by atoms with Crippen LogP contribution in [-0.4, -0.2) is 35.1 Å². The second-order valence-electron chi connectivity index (χ2n) is 5.39. The van der Waals surface area contributed by atoms with Crippen LogP contribution in [0.25, 0.3) is 0 Å². The van der Waals surface area contributed by atoms with Crippen LogP contribution in [0.1, 0.15) is 51.4 Å². The van der Waals surface area contributed by atoms with Gasteiger partial charge in [-0.1, -0.05) is 25.7 Å². The summed E-state index contributed by atoms with van der Waals surface area (Å²) in [4.78, 5) is 13.2. The Kier molecular flexibility index (Phi) is 4.22. The van der Waals surface area contributed by atoms with Crippen LogP contribution < -0.4 is 0 Å². The largest absolute Gasteiger partial charge is 0.481 e. The van der Waals surface area contributed by atoms with E-state index in [0.717, 1.165) is 25.6 Å². The summed E-state index contributed by atoms with van der Waals surface area (Å²) in [6.07, 6.45) is 9.63. The normalized spacial score (nSPS) is 29.1. The highest BCUT2D eigenvalue weighted by molar-refractivity contribution is 5.67. The number of aliphatic carboxylic acids is 1. The average Bonchev–Trinajstić information content (AvgIpc) is 2.53. The molecule has 1 heterocycles. The Balaban J connectivity index is 1.80. The third kappa shape index (κ3) is 3.21. The fourth-order valence-electron chi connectivity index (χ4n) is 3.23. The van der Waals surface area contributed by atoms with Crippen LogP contribution in [0.3, 0.4) is 0 Å². The number of hydrogen-bond donors (Lipinski definition) is 1. The molecule has 1 aliphatic carbocycles. The monoisotopic (exact) mass is 225 g/mol. The van der Waals surface area contributed by atoms with Crippen molar-refractivity contribution < 1.29 is 9.90 Å². The van der Waals surface area contributed by atoms with Gasteiger partial charge in [0.05, 0.1) is 0 Å². The standard InChI is InChI=1S/C13H23NO2/c15-13(16)9-11-7-8-14(10-11)12-5-3-1-2-4-6-12/h11-12H,1-10H2,(H,15,16). The zero-order valence-corrected chi connectivity index (χ0v) is 10.0. The van der Waals surface area contributed by atoms with E-state index in [-0.39, 0.29) is 0 Å². The maximum Gasteiger partial charge on any atom is 0.303 e. The highest BCUT2D eigenvalue weighted by Crippen LogP contribution is 2.28. The first-order valence-corrected chi connectivity index (χ1v) is 6.71. The molecular weight excluding hydrogens is 202 g/mol. The number of rotatable bonds is 3. The first-order valence-electron chi connectivity index (χ1n) is 6.71. The number of nitrogens with zero attached hydrogens (tertiary/aromatic N) is 1. The number of carboxylic acids is 1. The molecule has 0 radical (unpaired) electrons. The minimum absolute atomic E-state index is 0.364. The first-order chi connectivity index (χ1) is 7.75. The molecule has 0 aromatic heterocycles. The summed E-state index contributed by atoms with van der Waals surface area (Å²) in [6.45, 7) is 2.15. The predicted molar refractivity (Wildman–Crippen MR) is 63.4 cm³/mol. The molecule has 1 unspecified atom stereocenters. The van der Waals surface area contributed by atoms with E-state index in [4.69, 9.17) is 5.11 Å². The number of hydrogen-bond acceptors (Lipinski definition) is 2. The predicted octanol–water partition coefficient (Wildman–Crippen LogP) is 2.51. The van der Waals surface area contributed by atoms with Crippen molar-refractivity contribution >= 4 is 5.97 Å². The van der Waals surface area contributed by atoms with Gasteiger partial charge in [0.25, 0.3) is 0 Å². The molecule has 0 amide bonds. The van der Waals surface area contributed by atoms with Gasteiger partial charge in [-0.15, -0.1) is 0 Å². The van der Waals surface area contributed by atoms with Crippen molar-refractivity contribution in [3.63, 3.8) is 0 Å². The molecule has 3 heteroatoms. The van der Waals surface area contributed by atoms with E-state index in [1.807, 2.05) is 0 Å². The Bertz CT molecular complexity index is 234. The fourth-order valence-corrected chi connectivity index (χ4v) is 3.23. The van der Waals surface area contributed by atoms with Gasteiger partial charge in [0.2, 0.25) is 0 Å². The van der Waals surface area contributed by atoms with Crippen LogP contribution in [0.2, 0.25) is 0 Å². The fraction of sp³-hybridized carbons (Fsp3) is 0.923. The van der Waals surface area contributed by atoms with Gasteiger partial charge in [-0.3, -0.25) is 4.79 Å². The molecule has 1 saturated carbocycles. The Hall–Kier alpha value is -0.570. The second-order valence-corrected chi connectivity index (χ2v) is 5.39. The van der Waals surface area contributed by atoms with E-state index in [9.17, 15) is 4.79 Å². The zero-order chi connectivity index (χ0) is 11.4. The number of likely N-dealkylation sites (tertiary alicyclic amines) is 1. The lowest BCUT2D eigenvalue weighted by Crippen LogP contribution is -2.33. The summed E-state index contributed by atoms with van der Waals surface area (Å²) < 4.78 is 0. The summed E-state index contributed by atoms with van der Waals surface area (Å²) in [5, 5.41) is 8.80. The molecular formula is C13H23NO2. The molecule has 1 N–H and O–H groups in total. The summed E-state index contributed by atoms with van der Waals surface area (Å²) >= 11 is 0. The topological polar surface area (TPSA) is 40.5 Å². The van der Waals surface area contributed by atoms with Gasteiger partial charge < -0.3 is 10.0 Å². The van der Waals surface area contributed by atoms with Crippen LogP contribution in [-0.2, 0) is 4.79 Å². The summed E-state index contributed by atoms with van der Waals surface area (Å²) in [6, 6.07) is 0.751. The molecule has 2 aliphatic rings. The van der Waals surface area contributed by atoms with Crippen LogP contribution in [0.4, 0.5) is 0 Å². The van der Waals surface area contributed by atoms with Crippen LogP contribution >= 0.6 is 0 Å². The number of carboxylic acid groups (broad SMARTS) is 1.